The molecule has 0 bridgehead atoms. The van der Waals surface area contributed by atoms with Crippen molar-refractivity contribution in [2.24, 2.45) is 0 Å². The summed E-state index contributed by atoms with van der Waals surface area (Å²) in [4.78, 5) is 0.0225. The van der Waals surface area contributed by atoms with E-state index in [1.807, 2.05) is 6.92 Å². The standard InChI is InChI=1S/C15H15FO4S/c1-10-8-11(2)15(9-14(10)19-3)21(17,18)20-13-6-4-12(16)5-7-13/h4-9H,1-3H3. The molecule has 21 heavy (non-hydrogen) atoms. The highest BCUT2D eigenvalue weighted by Crippen LogP contribution is 2.28. The molecule has 2 rings (SSSR count). The van der Waals surface area contributed by atoms with Gasteiger partial charge in [0.25, 0.3) is 0 Å². The Hall–Kier alpha value is -2.08. The van der Waals surface area contributed by atoms with Gasteiger partial charge in [-0.25, -0.2) is 4.39 Å². The van der Waals surface area contributed by atoms with Gasteiger partial charge < -0.3 is 8.92 Å². The van der Waals surface area contributed by atoms with Gasteiger partial charge in [-0.3, -0.25) is 0 Å². The van der Waals surface area contributed by atoms with Crippen molar-refractivity contribution in [3.8, 4) is 11.5 Å². The number of aryl methyl sites for hydroxylation is 2. The van der Waals surface area contributed by atoms with Crippen molar-refractivity contribution in [1.82, 2.24) is 0 Å². The van der Waals surface area contributed by atoms with Crippen molar-refractivity contribution in [3.05, 3.63) is 53.3 Å². The van der Waals surface area contributed by atoms with Crippen LogP contribution in [0.5, 0.6) is 11.5 Å². The summed E-state index contributed by atoms with van der Waals surface area (Å²) in [6.45, 7) is 3.50. The van der Waals surface area contributed by atoms with Gasteiger partial charge in [0.2, 0.25) is 0 Å². The maximum Gasteiger partial charge on any atom is 0.339 e. The molecule has 0 heterocycles. The molecule has 0 aromatic heterocycles. The van der Waals surface area contributed by atoms with Crippen molar-refractivity contribution in [2.45, 2.75) is 18.7 Å². The summed E-state index contributed by atoms with van der Waals surface area (Å²) in [7, 11) is -2.54. The van der Waals surface area contributed by atoms with E-state index in [4.69, 9.17) is 8.92 Å². The Morgan fingerprint density at radius 2 is 1.62 bits per heavy atom. The fraction of sp³-hybridized carbons (Fsp3) is 0.200. The van der Waals surface area contributed by atoms with E-state index < -0.39 is 15.9 Å². The second kappa shape index (κ2) is 5.73. The lowest BCUT2D eigenvalue weighted by atomic mass is 10.1. The topological polar surface area (TPSA) is 52.6 Å². The van der Waals surface area contributed by atoms with Crippen LogP contribution in [0.1, 0.15) is 11.1 Å². The highest BCUT2D eigenvalue weighted by molar-refractivity contribution is 7.87. The summed E-state index contributed by atoms with van der Waals surface area (Å²) in [5.41, 5.74) is 1.38. The Labute approximate surface area is 123 Å². The Morgan fingerprint density at radius 1 is 1.00 bits per heavy atom. The molecule has 2 aromatic rings. The third kappa shape index (κ3) is 3.33. The molecule has 6 heteroatoms. The van der Waals surface area contributed by atoms with E-state index in [-0.39, 0.29) is 10.6 Å². The van der Waals surface area contributed by atoms with Crippen molar-refractivity contribution in [2.75, 3.05) is 7.11 Å². The highest BCUT2D eigenvalue weighted by Gasteiger charge is 2.21. The summed E-state index contributed by atoms with van der Waals surface area (Å²) in [5.74, 6) is 0.0464. The van der Waals surface area contributed by atoms with Crippen molar-refractivity contribution in [1.29, 1.82) is 0 Å². The number of rotatable bonds is 4. The van der Waals surface area contributed by atoms with Crippen molar-refractivity contribution in [3.63, 3.8) is 0 Å². The van der Waals surface area contributed by atoms with Crippen LogP contribution in [-0.2, 0) is 10.1 Å². The average molecular weight is 310 g/mol. The lowest BCUT2D eigenvalue weighted by molar-refractivity contribution is 0.409. The summed E-state index contributed by atoms with van der Waals surface area (Å²) in [6.07, 6.45) is 0. The smallest absolute Gasteiger partial charge is 0.339 e. The first-order valence-corrected chi connectivity index (χ1v) is 7.59. The zero-order valence-corrected chi connectivity index (χ0v) is 12.7. The summed E-state index contributed by atoms with van der Waals surface area (Å²) >= 11 is 0. The van der Waals surface area contributed by atoms with E-state index in [0.29, 0.717) is 11.3 Å². The fourth-order valence-electron chi connectivity index (χ4n) is 1.96. The number of benzene rings is 2. The molecule has 0 saturated carbocycles. The highest BCUT2D eigenvalue weighted by atomic mass is 32.2. The molecule has 0 aliphatic rings. The summed E-state index contributed by atoms with van der Waals surface area (Å²) < 4.78 is 47.6. The minimum atomic E-state index is -4.01. The Balaban J connectivity index is 2.42. The number of hydrogen-bond acceptors (Lipinski definition) is 4. The predicted octanol–water partition coefficient (Wildman–Crippen LogP) is 3.22. The van der Waals surface area contributed by atoms with Crippen LogP contribution in [0.4, 0.5) is 4.39 Å². The van der Waals surface area contributed by atoms with E-state index in [9.17, 15) is 12.8 Å². The Kier molecular flexibility index (Phi) is 4.18. The summed E-state index contributed by atoms with van der Waals surface area (Å²) in [5, 5.41) is 0. The monoisotopic (exact) mass is 310 g/mol. The molecule has 0 aliphatic heterocycles. The lowest BCUT2D eigenvalue weighted by Crippen LogP contribution is -2.12. The van der Waals surface area contributed by atoms with Gasteiger partial charge in [0.05, 0.1) is 7.11 Å². The maximum atomic E-state index is 12.8. The first-order valence-electron chi connectivity index (χ1n) is 6.19. The van der Waals surface area contributed by atoms with Crippen LogP contribution >= 0.6 is 0 Å². The predicted molar refractivity (Wildman–Crippen MR) is 76.7 cm³/mol. The molecule has 0 N–H and O–H groups in total. The van der Waals surface area contributed by atoms with Crippen molar-refractivity contribution >= 4 is 10.1 Å². The third-order valence-corrected chi connectivity index (χ3v) is 4.37. The average Bonchev–Trinajstić information content (AvgIpc) is 2.41. The molecule has 4 nitrogen and oxygen atoms in total. The van der Waals surface area contributed by atoms with Crippen LogP contribution in [0, 0.1) is 19.7 Å². The molecule has 0 spiro atoms. The van der Waals surface area contributed by atoms with E-state index >= 15 is 0 Å². The number of hydrogen-bond donors (Lipinski definition) is 0. The molecule has 0 radical (unpaired) electrons. The van der Waals surface area contributed by atoms with Crippen LogP contribution in [0.15, 0.2) is 41.3 Å². The van der Waals surface area contributed by atoms with Crippen LogP contribution in [0.25, 0.3) is 0 Å². The number of halogens is 1. The van der Waals surface area contributed by atoms with E-state index in [2.05, 4.69) is 0 Å². The van der Waals surface area contributed by atoms with Crippen LogP contribution in [-0.4, -0.2) is 15.5 Å². The fourth-order valence-corrected chi connectivity index (χ4v) is 3.12. The van der Waals surface area contributed by atoms with E-state index in [1.54, 1.807) is 13.0 Å². The van der Waals surface area contributed by atoms with E-state index in [0.717, 1.165) is 17.7 Å². The first-order chi connectivity index (χ1) is 9.83. The molecule has 0 fully saturated rings. The molecular formula is C15H15FO4S. The first kappa shape index (κ1) is 15.3. The third-order valence-electron chi connectivity index (χ3n) is 2.98. The minimum absolute atomic E-state index is 0.0225. The molecule has 0 saturated heterocycles. The van der Waals surface area contributed by atoms with Gasteiger partial charge in [-0.05, 0) is 49.2 Å². The van der Waals surface area contributed by atoms with Crippen LogP contribution in [0.3, 0.4) is 0 Å². The zero-order chi connectivity index (χ0) is 15.6. The Bertz CT molecular complexity index is 752. The lowest BCUT2D eigenvalue weighted by Gasteiger charge is -2.12. The molecule has 112 valence electrons. The van der Waals surface area contributed by atoms with Crippen molar-refractivity contribution < 1.29 is 21.7 Å². The zero-order valence-electron chi connectivity index (χ0n) is 11.9. The normalized spacial score (nSPS) is 11.2. The quantitative estimate of drug-likeness (QED) is 0.814. The molecule has 2 aromatic carbocycles. The molecule has 0 amide bonds. The van der Waals surface area contributed by atoms with Gasteiger partial charge in [-0.1, -0.05) is 6.07 Å². The maximum absolute atomic E-state index is 12.8. The number of ether oxygens (including phenoxy) is 1. The molecule has 0 aliphatic carbocycles. The SMILES string of the molecule is COc1cc(S(=O)(=O)Oc2ccc(F)cc2)c(C)cc1C. The van der Waals surface area contributed by atoms with Gasteiger partial charge in [-0.2, -0.15) is 8.42 Å². The molecule has 0 unspecified atom stereocenters. The van der Waals surface area contributed by atoms with Gasteiger partial charge in [0.1, 0.15) is 22.2 Å². The van der Waals surface area contributed by atoms with E-state index in [1.165, 1.54) is 25.3 Å². The van der Waals surface area contributed by atoms with Gasteiger partial charge in [0, 0.05) is 6.07 Å². The Morgan fingerprint density at radius 3 is 2.19 bits per heavy atom. The summed E-state index contributed by atoms with van der Waals surface area (Å²) in [6, 6.07) is 7.91. The van der Waals surface area contributed by atoms with Gasteiger partial charge >= 0.3 is 10.1 Å². The van der Waals surface area contributed by atoms with Gasteiger partial charge in [-0.15, -0.1) is 0 Å². The largest absolute Gasteiger partial charge is 0.496 e. The minimum Gasteiger partial charge on any atom is -0.496 e. The second-order valence-electron chi connectivity index (χ2n) is 4.58. The van der Waals surface area contributed by atoms with Gasteiger partial charge in [0.15, 0.2) is 0 Å². The second-order valence-corrected chi connectivity index (χ2v) is 6.09. The number of methoxy groups -OCH3 is 1. The van der Waals surface area contributed by atoms with Crippen LogP contribution in [0.2, 0.25) is 0 Å². The van der Waals surface area contributed by atoms with Crippen LogP contribution < -0.4 is 8.92 Å². The molecule has 0 atom stereocenters. The molecular weight excluding hydrogens is 295 g/mol.